The Balaban J connectivity index is 1.68. The summed E-state index contributed by atoms with van der Waals surface area (Å²) in [7, 11) is 0. The van der Waals surface area contributed by atoms with E-state index < -0.39 is 5.97 Å². The Labute approximate surface area is 173 Å². The van der Waals surface area contributed by atoms with Gasteiger partial charge in [0.2, 0.25) is 0 Å². The van der Waals surface area contributed by atoms with Gasteiger partial charge in [0.15, 0.2) is 0 Å². The summed E-state index contributed by atoms with van der Waals surface area (Å²) in [6.45, 7) is 4.58. The van der Waals surface area contributed by atoms with Crippen LogP contribution in [0.1, 0.15) is 119 Å². The van der Waals surface area contributed by atoms with Crippen molar-refractivity contribution in [3.8, 4) is 0 Å². The van der Waals surface area contributed by atoms with Crippen molar-refractivity contribution < 1.29 is 9.90 Å². The number of carbonyl (C=O) groups is 1. The summed E-state index contributed by atoms with van der Waals surface area (Å²) in [6.07, 6.45) is 18.2. The molecule has 1 saturated carbocycles. The molecule has 0 saturated heterocycles. The molecule has 1 aromatic rings. The van der Waals surface area contributed by atoms with Gasteiger partial charge in [0.05, 0.1) is 0 Å². The van der Waals surface area contributed by atoms with Crippen LogP contribution in [0.5, 0.6) is 0 Å². The van der Waals surface area contributed by atoms with Crippen LogP contribution in [-0.4, -0.2) is 11.1 Å². The number of hydrogen-bond donors (Lipinski definition) is 1. The first-order chi connectivity index (χ1) is 13.6. The van der Waals surface area contributed by atoms with Crippen LogP contribution >= 0.6 is 0 Å². The highest BCUT2D eigenvalue weighted by molar-refractivity contribution is 5.66. The van der Waals surface area contributed by atoms with Gasteiger partial charge >= 0.3 is 5.97 Å². The lowest BCUT2D eigenvalue weighted by molar-refractivity contribution is -0.137. The zero-order valence-corrected chi connectivity index (χ0v) is 18.3. The topological polar surface area (TPSA) is 37.3 Å². The highest BCUT2D eigenvalue weighted by Gasteiger charge is 2.22. The molecule has 158 valence electrons. The molecule has 0 heterocycles. The van der Waals surface area contributed by atoms with E-state index in [1.165, 1.54) is 75.3 Å². The third-order valence-corrected chi connectivity index (χ3v) is 6.74. The molecule has 0 spiro atoms. The number of benzene rings is 1. The van der Waals surface area contributed by atoms with Crippen LogP contribution in [-0.2, 0) is 11.2 Å². The minimum absolute atomic E-state index is 0.321. The molecule has 2 heteroatoms. The van der Waals surface area contributed by atoms with Crippen molar-refractivity contribution in [2.24, 2.45) is 5.92 Å². The average Bonchev–Trinajstić information content (AvgIpc) is 2.69. The van der Waals surface area contributed by atoms with Crippen molar-refractivity contribution in [3.05, 3.63) is 34.9 Å². The fraction of sp³-hybridized carbons (Fsp3) is 0.731. The molecule has 1 fully saturated rings. The van der Waals surface area contributed by atoms with Crippen molar-refractivity contribution in [1.29, 1.82) is 0 Å². The predicted molar refractivity (Wildman–Crippen MR) is 119 cm³/mol. The largest absolute Gasteiger partial charge is 0.481 e. The minimum Gasteiger partial charge on any atom is -0.481 e. The van der Waals surface area contributed by atoms with Crippen LogP contribution < -0.4 is 0 Å². The van der Waals surface area contributed by atoms with Crippen molar-refractivity contribution >= 4 is 5.97 Å². The van der Waals surface area contributed by atoms with Crippen LogP contribution in [0, 0.1) is 12.8 Å². The molecular weight excluding hydrogens is 344 g/mol. The number of carboxylic acids is 1. The monoisotopic (exact) mass is 386 g/mol. The molecule has 1 aromatic carbocycles. The lowest BCUT2D eigenvalue weighted by Gasteiger charge is -2.29. The van der Waals surface area contributed by atoms with Crippen LogP contribution in [0.4, 0.5) is 0 Å². The van der Waals surface area contributed by atoms with Gasteiger partial charge in [0, 0.05) is 6.42 Å². The Bertz CT molecular complexity index is 570. The van der Waals surface area contributed by atoms with E-state index >= 15 is 0 Å². The van der Waals surface area contributed by atoms with E-state index in [-0.39, 0.29) is 0 Å². The lowest BCUT2D eigenvalue weighted by atomic mass is 9.76. The average molecular weight is 387 g/mol. The molecular formula is C26H42O2. The highest BCUT2D eigenvalue weighted by Crippen LogP contribution is 2.38. The van der Waals surface area contributed by atoms with Crippen LogP contribution in [0.15, 0.2) is 18.2 Å². The number of aliphatic carboxylic acids is 1. The molecule has 1 aliphatic rings. The molecule has 1 aliphatic carbocycles. The summed E-state index contributed by atoms with van der Waals surface area (Å²) in [5.41, 5.74) is 4.54. The number of rotatable bonds is 13. The number of carboxylic acid groups (broad SMARTS) is 1. The molecule has 0 atom stereocenters. The number of unbranched alkanes of at least 4 members (excludes halogenated alkanes) is 6. The molecule has 28 heavy (non-hydrogen) atoms. The maximum atomic E-state index is 10.5. The molecule has 0 radical (unpaired) electrons. The van der Waals surface area contributed by atoms with E-state index in [9.17, 15) is 4.79 Å². The fourth-order valence-corrected chi connectivity index (χ4v) is 4.84. The van der Waals surface area contributed by atoms with Crippen molar-refractivity contribution in [2.75, 3.05) is 0 Å². The van der Waals surface area contributed by atoms with Crippen molar-refractivity contribution in [1.82, 2.24) is 0 Å². The van der Waals surface area contributed by atoms with Gasteiger partial charge in [-0.2, -0.15) is 0 Å². The second-order valence-corrected chi connectivity index (χ2v) is 9.06. The molecule has 0 bridgehead atoms. The first kappa shape index (κ1) is 23.0. The third kappa shape index (κ3) is 8.37. The Morgan fingerprint density at radius 3 is 2.36 bits per heavy atom. The normalized spacial score (nSPS) is 19.6. The lowest BCUT2D eigenvalue weighted by Crippen LogP contribution is -2.13. The second kappa shape index (κ2) is 13.0. The Morgan fingerprint density at radius 2 is 1.68 bits per heavy atom. The Kier molecular flexibility index (Phi) is 10.7. The summed E-state index contributed by atoms with van der Waals surface area (Å²) in [6, 6.07) is 7.24. The summed E-state index contributed by atoms with van der Waals surface area (Å²) in [5, 5.41) is 8.67. The molecule has 0 aliphatic heterocycles. The Morgan fingerprint density at radius 1 is 0.964 bits per heavy atom. The number of hydrogen-bond acceptors (Lipinski definition) is 1. The van der Waals surface area contributed by atoms with Crippen molar-refractivity contribution in [3.63, 3.8) is 0 Å². The van der Waals surface area contributed by atoms with E-state index in [0.29, 0.717) is 6.42 Å². The maximum absolute atomic E-state index is 10.5. The number of aryl methyl sites for hydroxylation is 2. The molecule has 0 aromatic heterocycles. The van der Waals surface area contributed by atoms with Gasteiger partial charge in [-0.1, -0.05) is 70.1 Å². The fourth-order valence-electron chi connectivity index (χ4n) is 4.84. The SMILES string of the molecule is CCCCC[C@H]1CC[C@H](c2ccc(CCCCCCCC(=O)O)c(C)c2)CC1. The van der Waals surface area contributed by atoms with E-state index in [1.54, 1.807) is 5.56 Å². The summed E-state index contributed by atoms with van der Waals surface area (Å²) >= 11 is 0. The second-order valence-electron chi connectivity index (χ2n) is 9.06. The third-order valence-electron chi connectivity index (χ3n) is 6.74. The van der Waals surface area contributed by atoms with Gasteiger partial charge in [0.1, 0.15) is 0 Å². The smallest absolute Gasteiger partial charge is 0.303 e. The summed E-state index contributed by atoms with van der Waals surface area (Å²) in [4.78, 5) is 10.5. The summed E-state index contributed by atoms with van der Waals surface area (Å²) < 4.78 is 0. The molecule has 2 rings (SSSR count). The van der Waals surface area contributed by atoms with Gasteiger partial charge in [-0.3, -0.25) is 4.79 Å². The zero-order valence-electron chi connectivity index (χ0n) is 18.3. The van der Waals surface area contributed by atoms with E-state index in [2.05, 4.69) is 32.0 Å². The Hall–Kier alpha value is -1.31. The van der Waals surface area contributed by atoms with Gasteiger partial charge in [0.25, 0.3) is 0 Å². The van der Waals surface area contributed by atoms with E-state index in [1.807, 2.05) is 0 Å². The van der Waals surface area contributed by atoms with Gasteiger partial charge < -0.3 is 5.11 Å². The van der Waals surface area contributed by atoms with Crippen molar-refractivity contribution in [2.45, 2.75) is 116 Å². The highest BCUT2D eigenvalue weighted by atomic mass is 16.4. The maximum Gasteiger partial charge on any atom is 0.303 e. The summed E-state index contributed by atoms with van der Waals surface area (Å²) in [5.74, 6) is 1.10. The van der Waals surface area contributed by atoms with Gasteiger partial charge in [-0.05, 0) is 80.4 Å². The van der Waals surface area contributed by atoms with Crippen LogP contribution in [0.2, 0.25) is 0 Å². The minimum atomic E-state index is -0.666. The molecule has 0 unspecified atom stereocenters. The standard InChI is InChI=1S/C26H42O2/c1-3-4-8-11-22-14-16-24(17-15-22)25-19-18-23(21(2)20-25)12-9-6-5-7-10-13-26(27)28/h18-20,22,24H,3-17H2,1-2H3,(H,27,28)/t22-,24-. The van der Waals surface area contributed by atoms with E-state index in [4.69, 9.17) is 5.11 Å². The van der Waals surface area contributed by atoms with Gasteiger partial charge in [-0.25, -0.2) is 0 Å². The molecule has 2 nitrogen and oxygen atoms in total. The zero-order chi connectivity index (χ0) is 20.2. The predicted octanol–water partition coefficient (Wildman–Crippen LogP) is 7.82. The van der Waals surface area contributed by atoms with E-state index in [0.717, 1.165) is 37.5 Å². The molecule has 1 N–H and O–H groups in total. The molecule has 0 amide bonds. The first-order valence-electron chi connectivity index (χ1n) is 11.9. The quantitative estimate of drug-likeness (QED) is 0.351. The van der Waals surface area contributed by atoms with Crippen LogP contribution in [0.3, 0.4) is 0 Å². The van der Waals surface area contributed by atoms with Crippen LogP contribution in [0.25, 0.3) is 0 Å². The first-order valence-corrected chi connectivity index (χ1v) is 11.9. The van der Waals surface area contributed by atoms with Gasteiger partial charge in [-0.15, -0.1) is 0 Å².